The second-order valence-electron chi connectivity index (χ2n) is 6.43. The molecule has 0 radical (unpaired) electrons. The zero-order valence-corrected chi connectivity index (χ0v) is 16.0. The van der Waals surface area contributed by atoms with Gasteiger partial charge in [0.15, 0.2) is 0 Å². The first kappa shape index (κ1) is 19.7. The minimum atomic E-state index is -0.692. The molecule has 0 aliphatic rings. The predicted molar refractivity (Wildman–Crippen MR) is 110 cm³/mol. The van der Waals surface area contributed by atoms with Crippen molar-refractivity contribution < 1.29 is 14.4 Å². The lowest BCUT2D eigenvalue weighted by molar-refractivity contribution is 0.0846. The smallest absolute Gasteiger partial charge is 0.316 e. The van der Waals surface area contributed by atoms with E-state index in [2.05, 4.69) is 16.2 Å². The van der Waals surface area contributed by atoms with Gasteiger partial charge in [-0.1, -0.05) is 18.2 Å². The summed E-state index contributed by atoms with van der Waals surface area (Å²) in [7, 11) is 0. The molecule has 148 valence electrons. The van der Waals surface area contributed by atoms with E-state index in [1.54, 1.807) is 6.07 Å². The zero-order chi connectivity index (χ0) is 21.0. The lowest BCUT2D eigenvalue weighted by Crippen LogP contribution is -2.41. The number of hydrogen-bond donors (Lipinski definition) is 4. The molecule has 8 nitrogen and oxygen atoms in total. The van der Waals surface area contributed by atoms with E-state index >= 15 is 0 Å². The Hall–Kier alpha value is -4.07. The number of hydrazine groups is 1. The van der Waals surface area contributed by atoms with Gasteiger partial charge in [0.05, 0.1) is 5.56 Å². The second-order valence-corrected chi connectivity index (χ2v) is 6.43. The van der Waals surface area contributed by atoms with Gasteiger partial charge < -0.3 is 15.6 Å². The van der Waals surface area contributed by atoms with Gasteiger partial charge >= 0.3 is 6.03 Å². The highest BCUT2D eigenvalue weighted by atomic mass is 16.2. The van der Waals surface area contributed by atoms with Crippen LogP contribution in [0.3, 0.4) is 0 Å². The lowest BCUT2D eigenvalue weighted by atomic mass is 10.2. The Kier molecular flexibility index (Phi) is 5.64. The fourth-order valence-electron chi connectivity index (χ4n) is 3.07. The molecule has 29 heavy (non-hydrogen) atoms. The zero-order valence-electron chi connectivity index (χ0n) is 16.0. The highest BCUT2D eigenvalue weighted by Crippen LogP contribution is 2.20. The predicted octanol–water partition coefficient (Wildman–Crippen LogP) is 2.66. The third-order valence-corrected chi connectivity index (χ3v) is 4.39. The van der Waals surface area contributed by atoms with Gasteiger partial charge in [0, 0.05) is 28.3 Å². The van der Waals surface area contributed by atoms with Crippen molar-refractivity contribution in [3.8, 4) is 5.69 Å². The molecule has 0 atom stereocenters. The van der Waals surface area contributed by atoms with Crippen molar-refractivity contribution in [2.75, 3.05) is 5.32 Å². The van der Waals surface area contributed by atoms with E-state index in [4.69, 9.17) is 5.73 Å². The van der Waals surface area contributed by atoms with Crippen LogP contribution >= 0.6 is 0 Å². The van der Waals surface area contributed by atoms with E-state index in [0.717, 1.165) is 17.1 Å². The number of aromatic nitrogens is 1. The summed E-state index contributed by atoms with van der Waals surface area (Å²) in [5, 5.41) is 2.41. The molecule has 0 bridgehead atoms. The topological polar surface area (TPSA) is 118 Å². The number of carbonyl (C=O) groups is 3. The van der Waals surface area contributed by atoms with Crippen molar-refractivity contribution in [1.29, 1.82) is 0 Å². The highest BCUT2D eigenvalue weighted by Gasteiger charge is 2.17. The van der Waals surface area contributed by atoms with Gasteiger partial charge in [-0.2, -0.15) is 0 Å². The first-order valence-electron chi connectivity index (χ1n) is 8.88. The Morgan fingerprint density at radius 1 is 0.862 bits per heavy atom. The average Bonchev–Trinajstić information content (AvgIpc) is 3.01. The summed E-state index contributed by atoms with van der Waals surface area (Å²) in [5.41, 5.74) is 13.7. The third kappa shape index (κ3) is 4.44. The van der Waals surface area contributed by atoms with Crippen LogP contribution in [0.4, 0.5) is 10.5 Å². The van der Waals surface area contributed by atoms with Crippen LogP contribution in [0.15, 0.2) is 60.7 Å². The van der Waals surface area contributed by atoms with Crippen LogP contribution in [-0.2, 0) is 0 Å². The highest BCUT2D eigenvalue weighted by molar-refractivity contribution is 6.00. The maximum atomic E-state index is 12.6. The summed E-state index contributed by atoms with van der Waals surface area (Å²) < 4.78 is 1.97. The number of urea groups is 1. The summed E-state index contributed by atoms with van der Waals surface area (Å²) in [6.45, 7) is 3.76. The molecule has 2 aromatic carbocycles. The molecule has 0 unspecified atom stereocenters. The normalized spacial score (nSPS) is 10.3. The number of hydrogen-bond acceptors (Lipinski definition) is 3. The molecule has 1 heterocycles. The summed E-state index contributed by atoms with van der Waals surface area (Å²) >= 11 is 0. The first-order chi connectivity index (χ1) is 13.9. The van der Waals surface area contributed by atoms with Gasteiger partial charge in [-0.3, -0.25) is 20.4 Å². The number of nitrogens with one attached hydrogen (secondary N) is 3. The number of carbonyl (C=O) groups excluding carboxylic acids is 3. The number of para-hydroxylation sites is 1. The monoisotopic (exact) mass is 391 g/mol. The maximum Gasteiger partial charge on any atom is 0.316 e. The van der Waals surface area contributed by atoms with E-state index in [0.29, 0.717) is 16.8 Å². The Balaban J connectivity index is 1.68. The van der Waals surface area contributed by atoms with Crippen LogP contribution in [0, 0.1) is 13.8 Å². The Morgan fingerprint density at radius 2 is 1.48 bits per heavy atom. The molecule has 0 spiro atoms. The van der Waals surface area contributed by atoms with E-state index in [1.165, 1.54) is 24.3 Å². The second kappa shape index (κ2) is 8.30. The minimum absolute atomic E-state index is 0.315. The number of rotatable bonds is 4. The van der Waals surface area contributed by atoms with Gasteiger partial charge in [-0.05, 0) is 56.3 Å². The Morgan fingerprint density at radius 3 is 2.10 bits per heavy atom. The van der Waals surface area contributed by atoms with Gasteiger partial charge in [-0.15, -0.1) is 0 Å². The van der Waals surface area contributed by atoms with Gasteiger partial charge in [0.25, 0.3) is 11.8 Å². The molecule has 0 aliphatic carbocycles. The van der Waals surface area contributed by atoms with Crippen molar-refractivity contribution >= 4 is 23.5 Å². The van der Waals surface area contributed by atoms with Gasteiger partial charge in [0.2, 0.25) is 0 Å². The third-order valence-electron chi connectivity index (χ3n) is 4.39. The Bertz CT molecular complexity index is 1060. The molecule has 4 amide bonds. The molecule has 8 heteroatoms. The molecule has 0 saturated carbocycles. The first-order valence-corrected chi connectivity index (χ1v) is 8.88. The fourth-order valence-corrected chi connectivity index (χ4v) is 3.07. The van der Waals surface area contributed by atoms with Crippen LogP contribution in [0.5, 0.6) is 0 Å². The number of nitrogens with zero attached hydrogens (tertiary/aromatic N) is 1. The molecule has 0 fully saturated rings. The molecule has 3 aromatic rings. The standard InChI is InChI=1S/C21H21N5O3/c1-13-12-18(14(2)26(13)17-6-4-3-5-7-17)20(28)25-24-19(27)15-8-10-16(11-9-15)23-21(22)29/h3-12H,1-2H3,(H,24,27)(H,25,28)(H3,22,23,29). The Labute approximate surface area is 167 Å². The summed E-state index contributed by atoms with van der Waals surface area (Å²) in [6, 6.07) is 16.9. The van der Waals surface area contributed by atoms with E-state index < -0.39 is 17.8 Å². The number of primary amides is 1. The average molecular weight is 391 g/mol. The quantitative estimate of drug-likeness (QED) is 0.512. The molecule has 0 aliphatic heterocycles. The fraction of sp³-hybridized carbons (Fsp3) is 0.0952. The molecular weight excluding hydrogens is 370 g/mol. The molecule has 0 saturated heterocycles. The number of nitrogens with two attached hydrogens (primary N) is 1. The lowest BCUT2D eigenvalue weighted by Gasteiger charge is -2.10. The molecular formula is C21H21N5O3. The van der Waals surface area contributed by atoms with Crippen LogP contribution in [-0.4, -0.2) is 22.4 Å². The summed E-state index contributed by atoms with van der Waals surface area (Å²) in [4.78, 5) is 35.6. The van der Waals surface area contributed by atoms with Crippen LogP contribution in [0.1, 0.15) is 32.1 Å². The summed E-state index contributed by atoms with van der Waals surface area (Å²) in [6.07, 6.45) is 0. The van der Waals surface area contributed by atoms with E-state index in [1.807, 2.05) is 48.7 Å². The van der Waals surface area contributed by atoms with E-state index in [9.17, 15) is 14.4 Å². The van der Waals surface area contributed by atoms with Crippen molar-refractivity contribution in [3.63, 3.8) is 0 Å². The number of benzene rings is 2. The van der Waals surface area contributed by atoms with Crippen LogP contribution in [0.2, 0.25) is 0 Å². The van der Waals surface area contributed by atoms with Crippen LogP contribution in [0.25, 0.3) is 5.69 Å². The molecule has 3 rings (SSSR count). The van der Waals surface area contributed by atoms with Crippen LogP contribution < -0.4 is 21.9 Å². The van der Waals surface area contributed by atoms with Crippen molar-refractivity contribution in [3.05, 3.63) is 83.2 Å². The summed E-state index contributed by atoms with van der Waals surface area (Å²) in [5.74, 6) is -0.901. The van der Waals surface area contributed by atoms with Crippen molar-refractivity contribution in [1.82, 2.24) is 15.4 Å². The molecule has 1 aromatic heterocycles. The van der Waals surface area contributed by atoms with E-state index in [-0.39, 0.29) is 0 Å². The number of amides is 4. The van der Waals surface area contributed by atoms with Gasteiger partial charge in [-0.25, -0.2) is 4.79 Å². The minimum Gasteiger partial charge on any atom is -0.351 e. The van der Waals surface area contributed by atoms with Crippen molar-refractivity contribution in [2.45, 2.75) is 13.8 Å². The maximum absolute atomic E-state index is 12.6. The number of aryl methyl sites for hydroxylation is 1. The van der Waals surface area contributed by atoms with Crippen molar-refractivity contribution in [2.24, 2.45) is 5.73 Å². The van der Waals surface area contributed by atoms with Gasteiger partial charge in [0.1, 0.15) is 0 Å². The largest absolute Gasteiger partial charge is 0.351 e. The number of anilines is 1. The molecule has 5 N–H and O–H groups in total. The SMILES string of the molecule is Cc1cc(C(=O)NNC(=O)c2ccc(NC(N)=O)cc2)c(C)n1-c1ccccc1.